The van der Waals surface area contributed by atoms with E-state index in [1.807, 2.05) is 19.1 Å². The summed E-state index contributed by atoms with van der Waals surface area (Å²) in [6, 6.07) is 11.4. The molecule has 2 aromatic rings. The lowest BCUT2D eigenvalue weighted by Gasteiger charge is -2.23. The van der Waals surface area contributed by atoms with Crippen LogP contribution in [0.4, 0.5) is 4.39 Å². The van der Waals surface area contributed by atoms with Gasteiger partial charge in [-0.1, -0.05) is 35.0 Å². The van der Waals surface area contributed by atoms with Crippen molar-refractivity contribution in [2.75, 3.05) is 6.54 Å². The molecule has 1 atom stereocenters. The number of halogens is 2. The minimum absolute atomic E-state index is 0.0914. The van der Waals surface area contributed by atoms with Gasteiger partial charge in [0.15, 0.2) is 0 Å². The monoisotopic (exact) mass is 335 g/mol. The van der Waals surface area contributed by atoms with Gasteiger partial charge in [0.05, 0.1) is 6.04 Å². The van der Waals surface area contributed by atoms with Crippen LogP contribution in [-0.4, -0.2) is 6.54 Å². The second kappa shape index (κ2) is 6.51. The van der Waals surface area contributed by atoms with Gasteiger partial charge < -0.3 is 5.32 Å². The van der Waals surface area contributed by atoms with E-state index >= 15 is 0 Å². The first-order valence-corrected chi connectivity index (χ1v) is 7.57. The molecular weight excluding hydrogens is 317 g/mol. The Morgan fingerprint density at radius 2 is 1.65 bits per heavy atom. The molecule has 0 aromatic heterocycles. The summed E-state index contributed by atoms with van der Waals surface area (Å²) in [5.41, 5.74) is 4.54. The van der Waals surface area contributed by atoms with E-state index in [1.54, 1.807) is 6.07 Å². The van der Waals surface area contributed by atoms with Gasteiger partial charge in [0.1, 0.15) is 5.82 Å². The van der Waals surface area contributed by atoms with Crippen LogP contribution in [0.2, 0.25) is 0 Å². The van der Waals surface area contributed by atoms with Crippen LogP contribution >= 0.6 is 15.9 Å². The van der Waals surface area contributed by atoms with Crippen LogP contribution in [-0.2, 0) is 0 Å². The van der Waals surface area contributed by atoms with Gasteiger partial charge in [-0.15, -0.1) is 0 Å². The zero-order chi connectivity index (χ0) is 14.7. The molecule has 3 heteroatoms. The van der Waals surface area contributed by atoms with Crippen LogP contribution in [0.25, 0.3) is 0 Å². The van der Waals surface area contributed by atoms with Gasteiger partial charge in [-0.3, -0.25) is 0 Å². The minimum atomic E-state index is -0.186. The Morgan fingerprint density at radius 3 is 2.20 bits per heavy atom. The summed E-state index contributed by atoms with van der Waals surface area (Å²) in [4.78, 5) is 0. The maximum atomic E-state index is 13.3. The summed E-state index contributed by atoms with van der Waals surface area (Å²) in [6.45, 7) is 7.00. The van der Waals surface area contributed by atoms with Gasteiger partial charge in [-0.25, -0.2) is 4.39 Å². The number of hydrogen-bond acceptors (Lipinski definition) is 1. The lowest BCUT2D eigenvalue weighted by molar-refractivity contribution is 0.608. The summed E-state index contributed by atoms with van der Waals surface area (Å²) in [6.07, 6.45) is 0. The van der Waals surface area contributed by atoms with E-state index in [0.717, 1.165) is 22.1 Å². The molecule has 0 bridgehead atoms. The van der Waals surface area contributed by atoms with Crippen molar-refractivity contribution in [2.45, 2.75) is 26.8 Å². The van der Waals surface area contributed by atoms with E-state index in [4.69, 9.17) is 0 Å². The van der Waals surface area contributed by atoms with E-state index in [2.05, 4.69) is 47.2 Å². The fourth-order valence-electron chi connectivity index (χ4n) is 2.52. The highest BCUT2D eigenvalue weighted by molar-refractivity contribution is 9.10. The quantitative estimate of drug-likeness (QED) is 0.837. The Bertz CT molecular complexity index is 558. The summed E-state index contributed by atoms with van der Waals surface area (Å²) < 4.78 is 14.4. The van der Waals surface area contributed by atoms with Gasteiger partial charge in [0.25, 0.3) is 0 Å². The van der Waals surface area contributed by atoms with Crippen molar-refractivity contribution in [1.82, 2.24) is 5.32 Å². The second-order valence-corrected chi connectivity index (χ2v) is 5.91. The summed E-state index contributed by atoms with van der Waals surface area (Å²) in [5.74, 6) is -0.186. The van der Waals surface area contributed by atoms with E-state index < -0.39 is 0 Å². The normalized spacial score (nSPS) is 12.4. The first-order chi connectivity index (χ1) is 9.52. The van der Waals surface area contributed by atoms with Crippen LogP contribution in [0.5, 0.6) is 0 Å². The summed E-state index contributed by atoms with van der Waals surface area (Å²) in [7, 11) is 0. The Kier molecular flexibility index (Phi) is 4.95. The largest absolute Gasteiger partial charge is 0.307 e. The highest BCUT2D eigenvalue weighted by Crippen LogP contribution is 2.29. The standard InChI is InChI=1S/C17H19BrFN/c1-4-20-17(15-7-5-13(18)9-11(15)2)16-8-6-14(19)10-12(16)3/h5-10,17,20H,4H2,1-3H3. The maximum Gasteiger partial charge on any atom is 0.123 e. The van der Waals surface area contributed by atoms with E-state index in [9.17, 15) is 4.39 Å². The molecule has 0 amide bonds. The predicted octanol–water partition coefficient (Wildman–Crippen LogP) is 4.90. The van der Waals surface area contributed by atoms with Crippen molar-refractivity contribution in [2.24, 2.45) is 0 Å². The Balaban J connectivity index is 2.50. The minimum Gasteiger partial charge on any atom is -0.307 e. The molecule has 106 valence electrons. The van der Waals surface area contributed by atoms with Crippen LogP contribution in [0, 0.1) is 19.7 Å². The van der Waals surface area contributed by atoms with Crippen LogP contribution in [0.1, 0.15) is 35.2 Å². The van der Waals surface area contributed by atoms with Crippen molar-refractivity contribution in [3.8, 4) is 0 Å². The molecular formula is C17H19BrFN. The average molecular weight is 336 g/mol. The maximum absolute atomic E-state index is 13.3. The molecule has 0 aliphatic carbocycles. The first-order valence-electron chi connectivity index (χ1n) is 6.78. The molecule has 1 nitrogen and oxygen atoms in total. The third kappa shape index (κ3) is 3.28. The van der Waals surface area contributed by atoms with Crippen molar-refractivity contribution in [3.63, 3.8) is 0 Å². The molecule has 20 heavy (non-hydrogen) atoms. The molecule has 1 N–H and O–H groups in total. The van der Waals surface area contributed by atoms with Gasteiger partial charge in [-0.2, -0.15) is 0 Å². The fraction of sp³-hybridized carbons (Fsp3) is 0.294. The Labute approximate surface area is 128 Å². The second-order valence-electron chi connectivity index (χ2n) is 4.99. The topological polar surface area (TPSA) is 12.0 Å². The zero-order valence-corrected chi connectivity index (χ0v) is 13.6. The lowest BCUT2D eigenvalue weighted by Crippen LogP contribution is -2.23. The molecule has 0 saturated heterocycles. The third-order valence-electron chi connectivity index (χ3n) is 3.49. The van der Waals surface area contributed by atoms with Crippen LogP contribution < -0.4 is 5.32 Å². The SMILES string of the molecule is CCNC(c1ccc(F)cc1C)c1ccc(Br)cc1C. The number of rotatable bonds is 4. The number of aryl methyl sites for hydroxylation is 2. The highest BCUT2D eigenvalue weighted by Gasteiger charge is 2.17. The summed E-state index contributed by atoms with van der Waals surface area (Å²) in [5, 5.41) is 3.50. The van der Waals surface area contributed by atoms with Crippen LogP contribution in [0.3, 0.4) is 0 Å². The number of benzene rings is 2. The molecule has 0 spiro atoms. The van der Waals surface area contributed by atoms with E-state index in [0.29, 0.717) is 0 Å². The number of nitrogens with one attached hydrogen (secondary N) is 1. The van der Waals surface area contributed by atoms with Gasteiger partial charge in [0, 0.05) is 4.47 Å². The van der Waals surface area contributed by atoms with Gasteiger partial charge in [0.2, 0.25) is 0 Å². The third-order valence-corrected chi connectivity index (χ3v) is 3.99. The molecule has 2 rings (SSSR count). The smallest absolute Gasteiger partial charge is 0.123 e. The molecule has 0 radical (unpaired) electrons. The number of hydrogen-bond donors (Lipinski definition) is 1. The van der Waals surface area contributed by atoms with Crippen LogP contribution in [0.15, 0.2) is 40.9 Å². The predicted molar refractivity (Wildman–Crippen MR) is 85.5 cm³/mol. The molecule has 1 unspecified atom stereocenters. The zero-order valence-electron chi connectivity index (χ0n) is 12.0. The summed E-state index contributed by atoms with van der Waals surface area (Å²) >= 11 is 3.49. The first kappa shape index (κ1) is 15.2. The Morgan fingerprint density at radius 1 is 1.05 bits per heavy atom. The molecule has 0 heterocycles. The van der Waals surface area contributed by atoms with Crippen molar-refractivity contribution < 1.29 is 4.39 Å². The molecule has 2 aromatic carbocycles. The lowest BCUT2D eigenvalue weighted by atomic mass is 9.92. The van der Waals surface area contributed by atoms with Gasteiger partial charge in [-0.05, 0) is 66.9 Å². The van der Waals surface area contributed by atoms with Crippen molar-refractivity contribution in [3.05, 3.63) is 68.9 Å². The molecule has 0 aliphatic rings. The fourth-order valence-corrected chi connectivity index (χ4v) is 2.99. The average Bonchev–Trinajstić information content (AvgIpc) is 2.37. The van der Waals surface area contributed by atoms with Crippen molar-refractivity contribution >= 4 is 15.9 Å². The Hall–Kier alpha value is -1.19. The van der Waals surface area contributed by atoms with E-state index in [1.165, 1.54) is 17.2 Å². The molecule has 0 aliphatic heterocycles. The van der Waals surface area contributed by atoms with Gasteiger partial charge >= 0.3 is 0 Å². The van der Waals surface area contributed by atoms with Crippen molar-refractivity contribution in [1.29, 1.82) is 0 Å². The van der Waals surface area contributed by atoms with E-state index in [-0.39, 0.29) is 11.9 Å². The molecule has 0 fully saturated rings. The highest BCUT2D eigenvalue weighted by atomic mass is 79.9. The molecule has 0 saturated carbocycles.